The Bertz CT molecular complexity index is 493. The highest BCUT2D eigenvalue weighted by Crippen LogP contribution is 2.24. The summed E-state index contributed by atoms with van der Waals surface area (Å²) in [7, 11) is 0. The van der Waals surface area contributed by atoms with Crippen molar-refractivity contribution in [1.29, 1.82) is 0 Å². The minimum absolute atomic E-state index is 0.0137. The first-order valence-electron chi connectivity index (χ1n) is 4.20. The smallest absolute Gasteiger partial charge is 0.194 e. The summed E-state index contributed by atoms with van der Waals surface area (Å²) in [6, 6.07) is 6.98. The Morgan fingerprint density at radius 2 is 2.13 bits per heavy atom. The fraction of sp³-hybridized carbons (Fsp3) is 0. The van der Waals surface area contributed by atoms with Gasteiger partial charge in [-0.05, 0) is 45.6 Å². The van der Waals surface area contributed by atoms with Crippen molar-refractivity contribution < 1.29 is 4.79 Å². The molecular formula is C11H6BrClOS. The molecule has 2 aromatic rings. The van der Waals surface area contributed by atoms with E-state index in [2.05, 4.69) is 15.9 Å². The molecule has 0 bridgehead atoms. The molecule has 4 heteroatoms. The van der Waals surface area contributed by atoms with Gasteiger partial charge in [0, 0.05) is 26.0 Å². The van der Waals surface area contributed by atoms with E-state index in [1.807, 2.05) is 16.8 Å². The largest absolute Gasteiger partial charge is 0.289 e. The van der Waals surface area contributed by atoms with Gasteiger partial charge in [-0.1, -0.05) is 11.6 Å². The van der Waals surface area contributed by atoms with Crippen LogP contribution in [-0.4, -0.2) is 5.78 Å². The molecule has 0 atom stereocenters. The fourth-order valence-electron chi connectivity index (χ4n) is 1.22. The number of benzene rings is 1. The Kier molecular flexibility index (Phi) is 3.24. The molecule has 0 aliphatic carbocycles. The SMILES string of the molecule is O=C(c1ccsc1)c1ccc(Cl)cc1Br. The summed E-state index contributed by atoms with van der Waals surface area (Å²) in [5, 5.41) is 4.34. The average Bonchev–Trinajstić information content (AvgIpc) is 2.69. The van der Waals surface area contributed by atoms with Crippen LogP contribution in [0.3, 0.4) is 0 Å². The molecule has 1 aromatic heterocycles. The maximum absolute atomic E-state index is 12.0. The molecule has 0 aliphatic rings. The Morgan fingerprint density at radius 1 is 1.33 bits per heavy atom. The molecule has 76 valence electrons. The number of hydrogen-bond donors (Lipinski definition) is 0. The molecule has 0 fully saturated rings. The van der Waals surface area contributed by atoms with Crippen molar-refractivity contribution >= 4 is 44.7 Å². The summed E-state index contributed by atoms with van der Waals surface area (Å²) >= 11 is 10.6. The third-order valence-electron chi connectivity index (χ3n) is 1.96. The van der Waals surface area contributed by atoms with Crippen LogP contribution in [0.4, 0.5) is 0 Å². The average molecular weight is 302 g/mol. The summed E-state index contributed by atoms with van der Waals surface area (Å²) in [5.41, 5.74) is 1.35. The molecule has 0 saturated heterocycles. The number of rotatable bonds is 2. The van der Waals surface area contributed by atoms with Crippen LogP contribution >= 0.6 is 38.9 Å². The van der Waals surface area contributed by atoms with E-state index in [0.717, 1.165) is 4.47 Å². The molecule has 1 nitrogen and oxygen atoms in total. The molecule has 0 N–H and O–H groups in total. The highest BCUT2D eigenvalue weighted by atomic mass is 79.9. The van der Waals surface area contributed by atoms with Crippen molar-refractivity contribution in [2.24, 2.45) is 0 Å². The van der Waals surface area contributed by atoms with Gasteiger partial charge in [0.05, 0.1) is 0 Å². The lowest BCUT2D eigenvalue weighted by atomic mass is 10.1. The van der Waals surface area contributed by atoms with Gasteiger partial charge in [0.25, 0.3) is 0 Å². The van der Waals surface area contributed by atoms with Gasteiger partial charge in [0.1, 0.15) is 0 Å². The third kappa shape index (κ3) is 2.30. The van der Waals surface area contributed by atoms with E-state index in [9.17, 15) is 4.79 Å². The van der Waals surface area contributed by atoms with Crippen molar-refractivity contribution in [3.8, 4) is 0 Å². The predicted octanol–water partition coefficient (Wildman–Crippen LogP) is 4.40. The Morgan fingerprint density at radius 3 is 2.73 bits per heavy atom. The fourth-order valence-corrected chi connectivity index (χ4v) is 2.72. The van der Waals surface area contributed by atoms with Gasteiger partial charge >= 0.3 is 0 Å². The Balaban J connectivity index is 2.42. The van der Waals surface area contributed by atoms with Gasteiger partial charge in [0.15, 0.2) is 5.78 Å². The normalized spacial score (nSPS) is 10.3. The van der Waals surface area contributed by atoms with Crippen LogP contribution < -0.4 is 0 Å². The van der Waals surface area contributed by atoms with Crippen molar-refractivity contribution in [1.82, 2.24) is 0 Å². The highest BCUT2D eigenvalue weighted by molar-refractivity contribution is 9.10. The van der Waals surface area contributed by atoms with Crippen LogP contribution in [0.1, 0.15) is 15.9 Å². The van der Waals surface area contributed by atoms with Crippen molar-refractivity contribution in [3.63, 3.8) is 0 Å². The topological polar surface area (TPSA) is 17.1 Å². The molecule has 1 heterocycles. The lowest BCUT2D eigenvalue weighted by Gasteiger charge is -2.02. The first-order chi connectivity index (χ1) is 7.18. The molecule has 0 amide bonds. The number of halogens is 2. The summed E-state index contributed by atoms with van der Waals surface area (Å²) in [5.74, 6) is 0.0137. The number of thiophene rings is 1. The van der Waals surface area contributed by atoms with Crippen LogP contribution in [0.2, 0.25) is 5.02 Å². The third-order valence-corrected chi connectivity index (χ3v) is 3.53. The maximum Gasteiger partial charge on any atom is 0.194 e. The van der Waals surface area contributed by atoms with Crippen molar-refractivity contribution in [2.75, 3.05) is 0 Å². The molecular weight excluding hydrogens is 296 g/mol. The summed E-state index contributed by atoms with van der Waals surface area (Å²) in [4.78, 5) is 12.0. The lowest BCUT2D eigenvalue weighted by molar-refractivity contribution is 0.103. The van der Waals surface area contributed by atoms with Gasteiger partial charge in [-0.3, -0.25) is 4.79 Å². The molecule has 15 heavy (non-hydrogen) atoms. The second kappa shape index (κ2) is 4.47. The van der Waals surface area contributed by atoms with E-state index in [1.54, 1.807) is 18.2 Å². The van der Waals surface area contributed by atoms with E-state index in [-0.39, 0.29) is 5.78 Å². The molecule has 0 unspecified atom stereocenters. The molecule has 2 rings (SSSR count). The van der Waals surface area contributed by atoms with Crippen LogP contribution in [-0.2, 0) is 0 Å². The van der Waals surface area contributed by atoms with Crippen LogP contribution in [0, 0.1) is 0 Å². The highest BCUT2D eigenvalue weighted by Gasteiger charge is 2.12. The van der Waals surface area contributed by atoms with Gasteiger partial charge in [0.2, 0.25) is 0 Å². The maximum atomic E-state index is 12.0. The number of carbonyl (C=O) groups is 1. The van der Waals surface area contributed by atoms with E-state index in [0.29, 0.717) is 16.1 Å². The zero-order valence-corrected chi connectivity index (χ0v) is 10.7. The lowest BCUT2D eigenvalue weighted by Crippen LogP contribution is -2.00. The molecule has 0 aliphatic heterocycles. The van der Waals surface area contributed by atoms with E-state index >= 15 is 0 Å². The van der Waals surface area contributed by atoms with Crippen molar-refractivity contribution in [3.05, 3.63) is 55.6 Å². The molecule has 0 spiro atoms. The van der Waals surface area contributed by atoms with E-state index < -0.39 is 0 Å². The monoisotopic (exact) mass is 300 g/mol. The number of carbonyl (C=O) groups excluding carboxylic acids is 1. The second-order valence-corrected chi connectivity index (χ2v) is 5.04. The zero-order chi connectivity index (χ0) is 10.8. The number of ketones is 1. The summed E-state index contributed by atoms with van der Waals surface area (Å²) < 4.78 is 0.728. The van der Waals surface area contributed by atoms with Gasteiger partial charge in [-0.25, -0.2) is 0 Å². The minimum Gasteiger partial charge on any atom is -0.289 e. The Labute approximate surface area is 105 Å². The quantitative estimate of drug-likeness (QED) is 0.752. The first kappa shape index (κ1) is 10.9. The Hall–Kier alpha value is -0.640. The van der Waals surface area contributed by atoms with Crippen LogP contribution in [0.5, 0.6) is 0 Å². The molecule has 1 aromatic carbocycles. The van der Waals surface area contributed by atoms with Crippen LogP contribution in [0.15, 0.2) is 39.5 Å². The predicted molar refractivity (Wildman–Crippen MR) is 66.9 cm³/mol. The van der Waals surface area contributed by atoms with Crippen LogP contribution in [0.25, 0.3) is 0 Å². The van der Waals surface area contributed by atoms with E-state index in [4.69, 9.17) is 11.6 Å². The van der Waals surface area contributed by atoms with Gasteiger partial charge in [-0.15, -0.1) is 0 Å². The first-order valence-corrected chi connectivity index (χ1v) is 6.32. The van der Waals surface area contributed by atoms with Gasteiger partial charge < -0.3 is 0 Å². The molecule has 0 saturated carbocycles. The second-order valence-electron chi connectivity index (χ2n) is 2.97. The number of hydrogen-bond acceptors (Lipinski definition) is 2. The molecule has 0 radical (unpaired) electrons. The van der Waals surface area contributed by atoms with Gasteiger partial charge in [-0.2, -0.15) is 11.3 Å². The zero-order valence-electron chi connectivity index (χ0n) is 7.54. The minimum atomic E-state index is 0.0137. The standard InChI is InChI=1S/C11H6BrClOS/c12-10-5-8(13)1-2-9(10)11(14)7-3-4-15-6-7/h1-6H. The van der Waals surface area contributed by atoms with Crippen molar-refractivity contribution in [2.45, 2.75) is 0 Å². The summed E-state index contributed by atoms with van der Waals surface area (Å²) in [6.45, 7) is 0. The summed E-state index contributed by atoms with van der Waals surface area (Å²) in [6.07, 6.45) is 0. The van der Waals surface area contributed by atoms with E-state index in [1.165, 1.54) is 11.3 Å².